The fourth-order valence-electron chi connectivity index (χ4n) is 2.54. The first-order valence-electron chi connectivity index (χ1n) is 6.35. The molecule has 19 heavy (non-hydrogen) atoms. The van der Waals surface area contributed by atoms with Crippen LogP contribution in [0.4, 0.5) is 5.69 Å². The van der Waals surface area contributed by atoms with Crippen LogP contribution >= 0.6 is 0 Å². The molecule has 96 valence electrons. The lowest BCUT2D eigenvalue weighted by Gasteiger charge is -2.29. The monoisotopic (exact) mass is 253 g/mol. The van der Waals surface area contributed by atoms with Crippen molar-refractivity contribution in [1.82, 2.24) is 0 Å². The van der Waals surface area contributed by atoms with E-state index in [1.54, 1.807) is 0 Å². The summed E-state index contributed by atoms with van der Waals surface area (Å²) >= 11 is 0. The van der Waals surface area contributed by atoms with Crippen molar-refractivity contribution in [2.24, 2.45) is 0 Å². The normalized spacial score (nSPS) is 14.4. The van der Waals surface area contributed by atoms with Gasteiger partial charge in [-0.25, -0.2) is 0 Å². The van der Waals surface area contributed by atoms with Crippen LogP contribution in [0.1, 0.15) is 12.0 Å². The summed E-state index contributed by atoms with van der Waals surface area (Å²) < 4.78 is 0. The van der Waals surface area contributed by atoms with Gasteiger partial charge in [0.1, 0.15) is 0 Å². The van der Waals surface area contributed by atoms with Crippen molar-refractivity contribution in [3.8, 4) is 11.1 Å². The number of fused-ring (bicyclic) bond motifs is 1. The maximum atomic E-state index is 12.0. The second kappa shape index (κ2) is 4.86. The minimum Gasteiger partial charge on any atom is -0.272 e. The van der Waals surface area contributed by atoms with E-state index in [0.717, 1.165) is 28.8 Å². The van der Waals surface area contributed by atoms with Crippen molar-refractivity contribution >= 4 is 11.6 Å². The van der Waals surface area contributed by atoms with Gasteiger partial charge in [0.25, 0.3) is 5.91 Å². The van der Waals surface area contributed by atoms with Gasteiger partial charge in [-0.3, -0.25) is 9.63 Å². The zero-order valence-electron chi connectivity index (χ0n) is 10.8. The van der Waals surface area contributed by atoms with Crippen molar-refractivity contribution in [2.45, 2.75) is 12.8 Å². The van der Waals surface area contributed by atoms with Gasteiger partial charge in [-0.1, -0.05) is 48.5 Å². The van der Waals surface area contributed by atoms with Crippen LogP contribution in [0.5, 0.6) is 0 Å². The number of hydrogen-bond donors (Lipinski definition) is 0. The van der Waals surface area contributed by atoms with E-state index < -0.39 is 0 Å². The summed E-state index contributed by atoms with van der Waals surface area (Å²) in [4.78, 5) is 17.2. The molecule has 0 unspecified atom stereocenters. The Labute approximate surface area is 112 Å². The van der Waals surface area contributed by atoms with Crippen LogP contribution in [0.3, 0.4) is 0 Å². The van der Waals surface area contributed by atoms with Gasteiger partial charge >= 0.3 is 0 Å². The van der Waals surface area contributed by atoms with Gasteiger partial charge in [-0.15, -0.1) is 0 Å². The largest absolute Gasteiger partial charge is 0.272 e. The molecule has 2 aromatic rings. The number of amides is 1. The fourth-order valence-corrected chi connectivity index (χ4v) is 2.54. The first-order valence-corrected chi connectivity index (χ1v) is 6.35. The average Bonchev–Trinajstić information content (AvgIpc) is 2.47. The van der Waals surface area contributed by atoms with Crippen molar-refractivity contribution < 1.29 is 9.63 Å². The standard InChI is InChI=1S/C16H15NO2/c1-19-17-15(18)11-10-13-8-5-9-14(16(13)17)12-6-3-2-4-7-12/h2-9H,10-11H2,1H3. The Hall–Kier alpha value is -2.13. The highest BCUT2D eigenvalue weighted by Gasteiger charge is 2.27. The lowest BCUT2D eigenvalue weighted by atomic mass is 9.95. The second-order valence-corrected chi connectivity index (χ2v) is 4.55. The second-order valence-electron chi connectivity index (χ2n) is 4.55. The Bertz CT molecular complexity index is 607. The molecule has 0 saturated heterocycles. The van der Waals surface area contributed by atoms with Crippen molar-refractivity contribution in [3.63, 3.8) is 0 Å². The van der Waals surface area contributed by atoms with Gasteiger partial charge in [0.2, 0.25) is 0 Å². The summed E-state index contributed by atoms with van der Waals surface area (Å²) in [5, 5.41) is 1.42. The van der Waals surface area contributed by atoms with Gasteiger partial charge in [0.15, 0.2) is 0 Å². The van der Waals surface area contributed by atoms with Gasteiger partial charge in [-0.05, 0) is 17.5 Å². The van der Waals surface area contributed by atoms with Crippen LogP contribution in [-0.2, 0) is 16.1 Å². The van der Waals surface area contributed by atoms with E-state index in [0.29, 0.717) is 6.42 Å². The van der Waals surface area contributed by atoms with E-state index in [9.17, 15) is 4.79 Å². The van der Waals surface area contributed by atoms with E-state index in [2.05, 4.69) is 6.07 Å². The fraction of sp³-hybridized carbons (Fsp3) is 0.188. The van der Waals surface area contributed by atoms with E-state index in [1.807, 2.05) is 42.5 Å². The number of nitrogens with zero attached hydrogens (tertiary/aromatic N) is 1. The summed E-state index contributed by atoms with van der Waals surface area (Å²) in [7, 11) is 1.54. The zero-order chi connectivity index (χ0) is 13.2. The summed E-state index contributed by atoms with van der Waals surface area (Å²) in [5.41, 5.74) is 4.17. The van der Waals surface area contributed by atoms with E-state index >= 15 is 0 Å². The van der Waals surface area contributed by atoms with Crippen molar-refractivity contribution in [1.29, 1.82) is 0 Å². The lowest BCUT2D eigenvalue weighted by molar-refractivity contribution is -0.125. The third kappa shape index (κ3) is 2.02. The summed E-state index contributed by atoms with van der Waals surface area (Å²) in [6.45, 7) is 0. The Morgan fingerprint density at radius 2 is 1.79 bits per heavy atom. The number of rotatable bonds is 2. The molecule has 3 nitrogen and oxygen atoms in total. The van der Waals surface area contributed by atoms with Crippen LogP contribution in [0.25, 0.3) is 11.1 Å². The predicted molar refractivity (Wildman–Crippen MR) is 74.7 cm³/mol. The minimum atomic E-state index is 0.0124. The van der Waals surface area contributed by atoms with E-state index in [1.165, 1.54) is 12.2 Å². The number of hydrogen-bond acceptors (Lipinski definition) is 2. The maximum Gasteiger partial charge on any atom is 0.251 e. The Balaban J connectivity index is 2.20. The van der Waals surface area contributed by atoms with Gasteiger partial charge in [0.05, 0.1) is 12.8 Å². The number of carbonyl (C=O) groups excluding carboxylic acids is 1. The SMILES string of the molecule is CON1C(=O)CCc2cccc(-c3ccccc3)c21. The van der Waals surface area contributed by atoms with Gasteiger partial charge in [-0.2, -0.15) is 5.06 Å². The number of carbonyl (C=O) groups is 1. The molecule has 0 N–H and O–H groups in total. The Kier molecular flexibility index (Phi) is 3.05. The molecule has 2 aromatic carbocycles. The highest BCUT2D eigenvalue weighted by molar-refractivity contribution is 5.99. The lowest BCUT2D eigenvalue weighted by Crippen LogP contribution is -2.34. The highest BCUT2D eigenvalue weighted by Crippen LogP contribution is 2.37. The first kappa shape index (κ1) is 11.9. The van der Waals surface area contributed by atoms with Crippen molar-refractivity contribution in [2.75, 3.05) is 12.2 Å². The molecule has 0 fully saturated rings. The molecule has 1 aliphatic rings. The van der Waals surface area contributed by atoms with Crippen LogP contribution in [0.15, 0.2) is 48.5 Å². The molecule has 0 saturated carbocycles. The Morgan fingerprint density at radius 1 is 1.00 bits per heavy atom. The van der Waals surface area contributed by atoms with Crippen LogP contribution in [0.2, 0.25) is 0 Å². The number of benzene rings is 2. The highest BCUT2D eigenvalue weighted by atomic mass is 16.7. The molecule has 0 aromatic heterocycles. The molecular formula is C16H15NO2. The number of anilines is 1. The first-order chi connectivity index (χ1) is 9.31. The number of para-hydroxylation sites is 1. The van der Waals surface area contributed by atoms with E-state index in [-0.39, 0.29) is 5.91 Å². The molecule has 0 atom stereocenters. The number of hydroxylamine groups is 1. The molecule has 1 heterocycles. The van der Waals surface area contributed by atoms with Crippen molar-refractivity contribution in [3.05, 3.63) is 54.1 Å². The third-order valence-corrected chi connectivity index (χ3v) is 3.42. The van der Waals surface area contributed by atoms with Gasteiger partial charge < -0.3 is 0 Å². The Morgan fingerprint density at radius 3 is 2.53 bits per heavy atom. The van der Waals surface area contributed by atoms with Crippen LogP contribution in [-0.4, -0.2) is 13.0 Å². The predicted octanol–water partition coefficient (Wildman–Crippen LogP) is 3.19. The molecule has 1 amide bonds. The quantitative estimate of drug-likeness (QED) is 0.822. The topological polar surface area (TPSA) is 29.5 Å². The van der Waals surface area contributed by atoms with E-state index in [4.69, 9.17) is 4.84 Å². The third-order valence-electron chi connectivity index (χ3n) is 3.42. The summed E-state index contributed by atoms with van der Waals surface area (Å²) in [5.74, 6) is 0.0124. The molecule has 0 aliphatic carbocycles. The van der Waals surface area contributed by atoms with Crippen LogP contribution in [0, 0.1) is 0 Å². The van der Waals surface area contributed by atoms with Crippen LogP contribution < -0.4 is 5.06 Å². The molecular weight excluding hydrogens is 238 g/mol. The molecule has 0 bridgehead atoms. The maximum absolute atomic E-state index is 12.0. The molecule has 3 heteroatoms. The van der Waals surface area contributed by atoms with Gasteiger partial charge in [0, 0.05) is 12.0 Å². The zero-order valence-corrected chi connectivity index (χ0v) is 10.8. The summed E-state index contributed by atoms with van der Waals surface area (Å²) in [6.07, 6.45) is 1.27. The molecule has 0 spiro atoms. The molecule has 1 aliphatic heterocycles. The molecule has 3 rings (SSSR count). The minimum absolute atomic E-state index is 0.0124. The average molecular weight is 253 g/mol. The molecule has 0 radical (unpaired) electrons. The smallest absolute Gasteiger partial charge is 0.251 e. The number of aryl methyl sites for hydroxylation is 1. The summed E-state index contributed by atoms with van der Waals surface area (Å²) in [6, 6.07) is 16.2.